The molecule has 0 aliphatic heterocycles. The van der Waals surface area contributed by atoms with Crippen molar-refractivity contribution in [3.05, 3.63) is 35.3 Å². The zero-order chi connectivity index (χ0) is 16.1. The van der Waals surface area contributed by atoms with Crippen LogP contribution in [0.25, 0.3) is 10.6 Å². The van der Waals surface area contributed by atoms with Gasteiger partial charge in [0, 0.05) is 5.38 Å². The number of amides is 1. The summed E-state index contributed by atoms with van der Waals surface area (Å²) in [5, 5.41) is 13.7. The number of thiazole rings is 1. The molecule has 1 aromatic carbocycles. The van der Waals surface area contributed by atoms with Crippen LogP contribution >= 0.6 is 11.3 Å². The maximum absolute atomic E-state index is 11.8. The van der Waals surface area contributed by atoms with Gasteiger partial charge in [0.05, 0.1) is 24.8 Å². The maximum atomic E-state index is 11.8. The van der Waals surface area contributed by atoms with Crippen molar-refractivity contribution in [1.29, 1.82) is 0 Å². The third kappa shape index (κ3) is 3.82. The Bertz CT molecular complexity index is 684. The summed E-state index contributed by atoms with van der Waals surface area (Å²) in [7, 11) is 1.59. The van der Waals surface area contributed by atoms with Gasteiger partial charge in [-0.3, -0.25) is 9.59 Å². The number of aromatic nitrogens is 1. The number of methoxy groups -OCH3 is 1. The number of carboxylic acids is 1. The Kier molecular flexibility index (Phi) is 5.11. The smallest absolute Gasteiger partial charge is 0.325 e. The van der Waals surface area contributed by atoms with E-state index in [1.165, 1.54) is 18.3 Å². The highest BCUT2D eigenvalue weighted by molar-refractivity contribution is 7.13. The van der Waals surface area contributed by atoms with Crippen LogP contribution in [-0.4, -0.2) is 35.1 Å². The second-order valence-electron chi connectivity index (χ2n) is 4.65. The quantitative estimate of drug-likeness (QED) is 0.849. The van der Waals surface area contributed by atoms with Crippen LogP contribution in [0.3, 0.4) is 0 Å². The molecule has 0 fully saturated rings. The second-order valence-corrected chi connectivity index (χ2v) is 5.51. The Morgan fingerprint density at radius 1 is 1.41 bits per heavy atom. The van der Waals surface area contributed by atoms with E-state index in [1.54, 1.807) is 12.5 Å². The maximum Gasteiger partial charge on any atom is 0.325 e. The number of benzene rings is 1. The number of para-hydroxylation sites is 1. The van der Waals surface area contributed by atoms with E-state index in [2.05, 4.69) is 10.3 Å². The van der Waals surface area contributed by atoms with E-state index < -0.39 is 12.0 Å². The Morgan fingerprint density at radius 3 is 2.82 bits per heavy atom. The van der Waals surface area contributed by atoms with Crippen LogP contribution in [0.5, 0.6) is 5.75 Å². The summed E-state index contributed by atoms with van der Waals surface area (Å²) >= 11 is 1.41. The number of carbonyl (C=O) groups excluding carboxylic acids is 1. The van der Waals surface area contributed by atoms with Gasteiger partial charge in [0.1, 0.15) is 16.8 Å². The first kappa shape index (κ1) is 16.0. The van der Waals surface area contributed by atoms with Crippen molar-refractivity contribution in [1.82, 2.24) is 10.3 Å². The summed E-state index contributed by atoms with van der Waals surface area (Å²) in [6.45, 7) is 1.42. The zero-order valence-corrected chi connectivity index (χ0v) is 13.0. The molecular weight excluding hydrogens is 304 g/mol. The highest BCUT2D eigenvalue weighted by Gasteiger charge is 2.16. The molecule has 1 aromatic heterocycles. The summed E-state index contributed by atoms with van der Waals surface area (Å²) in [4.78, 5) is 26.9. The van der Waals surface area contributed by atoms with Crippen molar-refractivity contribution in [2.24, 2.45) is 0 Å². The van der Waals surface area contributed by atoms with E-state index in [9.17, 15) is 9.59 Å². The summed E-state index contributed by atoms with van der Waals surface area (Å²) in [6.07, 6.45) is 0.0449. The van der Waals surface area contributed by atoms with E-state index in [1.807, 2.05) is 24.3 Å². The van der Waals surface area contributed by atoms with Gasteiger partial charge in [-0.2, -0.15) is 0 Å². The molecule has 2 rings (SSSR count). The largest absolute Gasteiger partial charge is 0.496 e. The van der Waals surface area contributed by atoms with Gasteiger partial charge in [0.15, 0.2) is 0 Å². The lowest BCUT2D eigenvalue weighted by Crippen LogP contribution is -2.39. The number of aliphatic carboxylic acids is 1. The minimum absolute atomic E-state index is 0.0449. The number of carboxylic acid groups (broad SMARTS) is 1. The van der Waals surface area contributed by atoms with E-state index in [-0.39, 0.29) is 12.3 Å². The van der Waals surface area contributed by atoms with Gasteiger partial charge in [-0.05, 0) is 19.1 Å². The molecule has 116 valence electrons. The van der Waals surface area contributed by atoms with Gasteiger partial charge in [0.25, 0.3) is 0 Å². The standard InChI is InChI=1S/C15H16N2O4S/c1-9(15(19)20)16-13(18)7-10-8-22-14(17-10)11-5-3-4-6-12(11)21-2/h3-6,8-9H,7H2,1-2H3,(H,16,18)(H,19,20). The molecule has 0 saturated heterocycles. The number of ether oxygens (including phenoxy) is 1. The predicted octanol–water partition coefficient (Wildman–Crippen LogP) is 1.95. The summed E-state index contributed by atoms with van der Waals surface area (Å²) < 4.78 is 5.29. The van der Waals surface area contributed by atoms with Crippen LogP contribution in [-0.2, 0) is 16.0 Å². The van der Waals surface area contributed by atoms with Gasteiger partial charge >= 0.3 is 5.97 Å². The molecule has 22 heavy (non-hydrogen) atoms. The minimum Gasteiger partial charge on any atom is -0.496 e. The molecule has 7 heteroatoms. The second kappa shape index (κ2) is 7.04. The number of nitrogens with one attached hydrogen (secondary N) is 1. The predicted molar refractivity (Wildman–Crippen MR) is 83.0 cm³/mol. The molecule has 0 spiro atoms. The van der Waals surface area contributed by atoms with Gasteiger partial charge in [0.2, 0.25) is 5.91 Å². The number of nitrogens with zero attached hydrogens (tertiary/aromatic N) is 1. The highest BCUT2D eigenvalue weighted by atomic mass is 32.1. The van der Waals surface area contributed by atoms with Crippen LogP contribution in [0.2, 0.25) is 0 Å². The lowest BCUT2D eigenvalue weighted by atomic mass is 10.2. The van der Waals surface area contributed by atoms with Gasteiger partial charge in [-0.1, -0.05) is 12.1 Å². The highest BCUT2D eigenvalue weighted by Crippen LogP contribution is 2.31. The molecular formula is C15H16N2O4S. The van der Waals surface area contributed by atoms with Crippen molar-refractivity contribution in [3.63, 3.8) is 0 Å². The fraction of sp³-hybridized carbons (Fsp3) is 0.267. The average molecular weight is 320 g/mol. The van der Waals surface area contributed by atoms with E-state index in [0.717, 1.165) is 10.6 Å². The fourth-order valence-corrected chi connectivity index (χ4v) is 2.70. The molecule has 1 heterocycles. The SMILES string of the molecule is COc1ccccc1-c1nc(CC(=O)NC(C)C(=O)O)cs1. The van der Waals surface area contributed by atoms with Crippen molar-refractivity contribution >= 4 is 23.2 Å². The van der Waals surface area contributed by atoms with Gasteiger partial charge < -0.3 is 15.2 Å². The molecule has 0 bridgehead atoms. The summed E-state index contributed by atoms with van der Waals surface area (Å²) in [5.74, 6) is -0.722. The van der Waals surface area contributed by atoms with Crippen LogP contribution in [0.1, 0.15) is 12.6 Å². The third-order valence-electron chi connectivity index (χ3n) is 2.98. The number of carbonyl (C=O) groups is 2. The summed E-state index contributed by atoms with van der Waals surface area (Å²) in [6, 6.07) is 6.59. The molecule has 6 nitrogen and oxygen atoms in total. The van der Waals surface area contributed by atoms with Crippen molar-refractivity contribution in [2.45, 2.75) is 19.4 Å². The lowest BCUT2D eigenvalue weighted by Gasteiger charge is -2.08. The van der Waals surface area contributed by atoms with Crippen LogP contribution in [0, 0.1) is 0 Å². The molecule has 2 aromatic rings. The fourth-order valence-electron chi connectivity index (χ4n) is 1.85. The summed E-state index contributed by atoms with van der Waals surface area (Å²) in [5.41, 5.74) is 1.46. The Hall–Kier alpha value is -2.41. The Morgan fingerprint density at radius 2 is 2.14 bits per heavy atom. The molecule has 0 aliphatic carbocycles. The molecule has 0 radical (unpaired) electrons. The van der Waals surface area contributed by atoms with E-state index in [4.69, 9.17) is 9.84 Å². The Balaban J connectivity index is 2.09. The molecule has 1 amide bonds. The normalized spacial score (nSPS) is 11.7. The van der Waals surface area contributed by atoms with E-state index in [0.29, 0.717) is 11.4 Å². The first-order chi connectivity index (χ1) is 10.5. The van der Waals surface area contributed by atoms with Gasteiger partial charge in [-0.25, -0.2) is 4.98 Å². The van der Waals surface area contributed by atoms with Crippen LogP contribution in [0.15, 0.2) is 29.6 Å². The van der Waals surface area contributed by atoms with E-state index >= 15 is 0 Å². The first-order valence-electron chi connectivity index (χ1n) is 6.61. The molecule has 1 unspecified atom stereocenters. The molecule has 1 atom stereocenters. The molecule has 0 saturated carbocycles. The number of rotatable bonds is 6. The van der Waals surface area contributed by atoms with Crippen LogP contribution < -0.4 is 10.1 Å². The monoisotopic (exact) mass is 320 g/mol. The number of hydrogen-bond donors (Lipinski definition) is 2. The molecule has 0 aliphatic rings. The minimum atomic E-state index is -1.07. The van der Waals surface area contributed by atoms with Crippen molar-refractivity contribution < 1.29 is 19.4 Å². The lowest BCUT2D eigenvalue weighted by molar-refractivity contribution is -0.141. The third-order valence-corrected chi connectivity index (χ3v) is 3.90. The first-order valence-corrected chi connectivity index (χ1v) is 7.49. The average Bonchev–Trinajstić information content (AvgIpc) is 2.95. The van der Waals surface area contributed by atoms with Crippen molar-refractivity contribution in [3.8, 4) is 16.3 Å². The zero-order valence-electron chi connectivity index (χ0n) is 12.2. The Labute approximate surface area is 131 Å². The van der Waals surface area contributed by atoms with Crippen molar-refractivity contribution in [2.75, 3.05) is 7.11 Å². The number of hydrogen-bond acceptors (Lipinski definition) is 5. The topological polar surface area (TPSA) is 88.5 Å². The van der Waals surface area contributed by atoms with Crippen LogP contribution in [0.4, 0.5) is 0 Å². The van der Waals surface area contributed by atoms with Gasteiger partial charge in [-0.15, -0.1) is 11.3 Å². The molecule has 2 N–H and O–H groups in total.